The zero-order chi connectivity index (χ0) is 15.3. The first-order chi connectivity index (χ1) is 9.39. The molecule has 0 saturated carbocycles. The number of nitrogens with zero attached hydrogens (tertiary/aromatic N) is 2. The maximum Gasteiger partial charge on any atom is 0.342 e. The molecule has 20 heavy (non-hydrogen) atoms. The van der Waals surface area contributed by atoms with E-state index >= 15 is 0 Å². The third kappa shape index (κ3) is 3.18. The summed E-state index contributed by atoms with van der Waals surface area (Å²) < 4.78 is 31.4. The highest BCUT2D eigenvalue weighted by atomic mass is 32.2. The fourth-order valence-corrected chi connectivity index (χ4v) is 3.64. The normalized spacial score (nSPS) is 13.4. The highest BCUT2D eigenvalue weighted by Gasteiger charge is 2.33. The number of rotatable bonds is 7. The van der Waals surface area contributed by atoms with Gasteiger partial charge in [0, 0.05) is 12.6 Å². The molecule has 0 aliphatic heterocycles. The summed E-state index contributed by atoms with van der Waals surface area (Å²) in [5.41, 5.74) is -0.0615. The Kier molecular flexibility index (Phi) is 5.70. The molecular formula is C12H21N3O4S. The van der Waals surface area contributed by atoms with Crippen molar-refractivity contribution in [3.05, 3.63) is 11.8 Å². The monoisotopic (exact) mass is 303 g/mol. The van der Waals surface area contributed by atoms with Crippen molar-refractivity contribution in [3.63, 3.8) is 0 Å². The molecule has 7 nitrogen and oxygen atoms in total. The van der Waals surface area contributed by atoms with Gasteiger partial charge in [0.15, 0.2) is 5.03 Å². The molecule has 1 N–H and O–H groups in total. The standard InChI is InChI=1S/C12H21N3O4S/c1-5-9(4)15(6-2)20(17,18)11-10(8-13-14-11)12(16)19-7-3/h8-9H,5-7H2,1-4H3,(H,13,14). The number of sulfonamides is 1. The topological polar surface area (TPSA) is 92.4 Å². The van der Waals surface area contributed by atoms with Crippen LogP contribution in [0, 0.1) is 0 Å². The molecule has 0 bridgehead atoms. The lowest BCUT2D eigenvalue weighted by Gasteiger charge is -2.25. The lowest BCUT2D eigenvalue weighted by molar-refractivity contribution is 0.0521. The van der Waals surface area contributed by atoms with Gasteiger partial charge in [-0.1, -0.05) is 13.8 Å². The predicted octanol–water partition coefficient (Wildman–Crippen LogP) is 1.40. The Balaban J connectivity index is 3.22. The van der Waals surface area contributed by atoms with Crippen molar-refractivity contribution >= 4 is 16.0 Å². The van der Waals surface area contributed by atoms with E-state index < -0.39 is 16.0 Å². The Morgan fingerprint density at radius 2 is 2.10 bits per heavy atom. The van der Waals surface area contributed by atoms with Crippen LogP contribution in [0.5, 0.6) is 0 Å². The molecule has 0 aliphatic carbocycles. The minimum Gasteiger partial charge on any atom is -0.462 e. The molecule has 0 saturated heterocycles. The molecule has 1 heterocycles. The van der Waals surface area contributed by atoms with Gasteiger partial charge in [-0.15, -0.1) is 0 Å². The van der Waals surface area contributed by atoms with Crippen molar-refractivity contribution in [3.8, 4) is 0 Å². The van der Waals surface area contributed by atoms with Gasteiger partial charge in [0.2, 0.25) is 0 Å². The van der Waals surface area contributed by atoms with Crippen molar-refractivity contribution in [2.75, 3.05) is 13.2 Å². The molecule has 0 aliphatic rings. The van der Waals surface area contributed by atoms with Gasteiger partial charge >= 0.3 is 5.97 Å². The average Bonchev–Trinajstić information content (AvgIpc) is 2.89. The van der Waals surface area contributed by atoms with Crippen LogP contribution in [0.1, 0.15) is 44.5 Å². The van der Waals surface area contributed by atoms with E-state index in [1.807, 2.05) is 13.8 Å². The molecule has 8 heteroatoms. The number of hydrogen-bond acceptors (Lipinski definition) is 5. The van der Waals surface area contributed by atoms with E-state index in [1.165, 1.54) is 10.5 Å². The first kappa shape index (κ1) is 16.6. The lowest BCUT2D eigenvalue weighted by Crippen LogP contribution is -2.38. The van der Waals surface area contributed by atoms with Crippen LogP contribution in [-0.2, 0) is 14.8 Å². The van der Waals surface area contributed by atoms with Crippen LogP contribution < -0.4 is 0 Å². The summed E-state index contributed by atoms with van der Waals surface area (Å²) in [5.74, 6) is -0.694. The van der Waals surface area contributed by atoms with Crippen LogP contribution in [0.4, 0.5) is 0 Å². The molecule has 1 unspecified atom stereocenters. The summed E-state index contributed by atoms with van der Waals surface area (Å²) in [6.07, 6.45) is 1.85. The van der Waals surface area contributed by atoms with E-state index in [0.29, 0.717) is 13.0 Å². The van der Waals surface area contributed by atoms with E-state index in [0.717, 1.165) is 0 Å². The first-order valence-electron chi connectivity index (χ1n) is 6.62. The number of aromatic amines is 1. The van der Waals surface area contributed by atoms with Crippen molar-refractivity contribution in [1.82, 2.24) is 14.5 Å². The summed E-state index contributed by atoms with van der Waals surface area (Å²) in [4.78, 5) is 11.8. The minimum absolute atomic E-state index is 0.0615. The number of hydrogen-bond donors (Lipinski definition) is 1. The van der Waals surface area contributed by atoms with Crippen molar-refractivity contribution < 1.29 is 17.9 Å². The molecule has 0 radical (unpaired) electrons. The lowest BCUT2D eigenvalue weighted by atomic mass is 10.3. The molecule has 0 aromatic carbocycles. The highest BCUT2D eigenvalue weighted by molar-refractivity contribution is 7.89. The number of H-pyrrole nitrogens is 1. The smallest absolute Gasteiger partial charge is 0.342 e. The van der Waals surface area contributed by atoms with Gasteiger partial charge in [-0.05, 0) is 20.3 Å². The summed E-state index contributed by atoms with van der Waals surface area (Å²) in [6.45, 7) is 7.63. The Morgan fingerprint density at radius 1 is 1.45 bits per heavy atom. The van der Waals surface area contributed by atoms with Gasteiger partial charge in [0.05, 0.1) is 12.8 Å². The van der Waals surface area contributed by atoms with Crippen molar-refractivity contribution in [2.24, 2.45) is 0 Å². The summed E-state index contributed by atoms with van der Waals surface area (Å²) in [7, 11) is -3.80. The number of aromatic nitrogens is 2. The zero-order valence-corrected chi connectivity index (χ0v) is 13.0. The minimum atomic E-state index is -3.80. The molecule has 1 rings (SSSR count). The van der Waals surface area contributed by atoms with Crippen molar-refractivity contribution in [1.29, 1.82) is 0 Å². The van der Waals surface area contributed by atoms with Gasteiger partial charge in [0.1, 0.15) is 5.56 Å². The van der Waals surface area contributed by atoms with Crippen LogP contribution >= 0.6 is 0 Å². The Morgan fingerprint density at radius 3 is 2.60 bits per heavy atom. The number of esters is 1. The molecule has 114 valence electrons. The first-order valence-corrected chi connectivity index (χ1v) is 8.06. The third-order valence-electron chi connectivity index (χ3n) is 3.06. The largest absolute Gasteiger partial charge is 0.462 e. The van der Waals surface area contributed by atoms with Crippen LogP contribution in [0.25, 0.3) is 0 Å². The number of carbonyl (C=O) groups is 1. The van der Waals surface area contributed by atoms with Gasteiger partial charge < -0.3 is 4.74 Å². The second-order valence-corrected chi connectivity index (χ2v) is 6.13. The van der Waals surface area contributed by atoms with Gasteiger partial charge in [-0.3, -0.25) is 5.10 Å². The molecular weight excluding hydrogens is 282 g/mol. The Hall–Kier alpha value is -1.41. The van der Waals surface area contributed by atoms with E-state index in [9.17, 15) is 13.2 Å². The average molecular weight is 303 g/mol. The van der Waals surface area contributed by atoms with Crippen LogP contribution in [0.15, 0.2) is 11.2 Å². The van der Waals surface area contributed by atoms with E-state index in [2.05, 4.69) is 10.2 Å². The maximum absolute atomic E-state index is 12.6. The molecule has 1 atom stereocenters. The van der Waals surface area contributed by atoms with Crippen LogP contribution in [-0.4, -0.2) is 48.1 Å². The highest BCUT2D eigenvalue weighted by Crippen LogP contribution is 2.21. The molecule has 0 fully saturated rings. The van der Waals surface area contributed by atoms with E-state index in [4.69, 9.17) is 4.74 Å². The Bertz CT molecular complexity index is 553. The summed E-state index contributed by atoms with van der Waals surface area (Å²) in [6, 6.07) is -0.164. The van der Waals surface area contributed by atoms with Crippen molar-refractivity contribution in [2.45, 2.75) is 45.2 Å². The third-order valence-corrected chi connectivity index (χ3v) is 5.12. The van der Waals surface area contributed by atoms with E-state index in [1.54, 1.807) is 13.8 Å². The second-order valence-electron chi connectivity index (χ2n) is 4.30. The second kappa shape index (κ2) is 6.85. The summed E-state index contributed by atoms with van der Waals surface area (Å²) in [5, 5.41) is 5.85. The quantitative estimate of drug-likeness (QED) is 0.769. The fraction of sp³-hybridized carbons (Fsp3) is 0.667. The van der Waals surface area contributed by atoms with Crippen LogP contribution in [0.2, 0.25) is 0 Å². The molecule has 1 aromatic rings. The number of nitrogens with one attached hydrogen (secondary N) is 1. The van der Waals surface area contributed by atoms with E-state index in [-0.39, 0.29) is 23.2 Å². The van der Waals surface area contributed by atoms with Crippen LogP contribution in [0.3, 0.4) is 0 Å². The number of carbonyl (C=O) groups excluding carboxylic acids is 1. The van der Waals surface area contributed by atoms with Gasteiger partial charge in [-0.25, -0.2) is 13.2 Å². The molecule has 0 spiro atoms. The number of ether oxygens (including phenoxy) is 1. The maximum atomic E-state index is 12.6. The van der Waals surface area contributed by atoms with Gasteiger partial charge in [0.25, 0.3) is 10.0 Å². The SMILES string of the molecule is CCOC(=O)c1cn[nH]c1S(=O)(=O)N(CC)C(C)CC. The molecule has 0 amide bonds. The zero-order valence-electron chi connectivity index (χ0n) is 12.2. The Labute approximate surface area is 119 Å². The summed E-state index contributed by atoms with van der Waals surface area (Å²) >= 11 is 0. The fourth-order valence-electron chi connectivity index (χ4n) is 1.86. The molecule has 1 aromatic heterocycles. The van der Waals surface area contributed by atoms with Gasteiger partial charge in [-0.2, -0.15) is 9.40 Å². The predicted molar refractivity (Wildman–Crippen MR) is 73.9 cm³/mol.